The molecule has 5 heteroatoms. The summed E-state index contributed by atoms with van der Waals surface area (Å²) < 4.78 is 37.9. The van der Waals surface area contributed by atoms with E-state index in [1.807, 2.05) is 0 Å². The summed E-state index contributed by atoms with van der Waals surface area (Å²) in [7, 11) is 0. The van der Waals surface area contributed by atoms with Gasteiger partial charge >= 0.3 is 6.18 Å². The number of alkyl halides is 3. The van der Waals surface area contributed by atoms with E-state index in [1.54, 1.807) is 0 Å². The van der Waals surface area contributed by atoms with Crippen LogP contribution in [-0.4, -0.2) is 28.6 Å². The van der Waals surface area contributed by atoms with Crippen LogP contribution >= 0.6 is 0 Å². The summed E-state index contributed by atoms with van der Waals surface area (Å²) >= 11 is 0. The average Bonchev–Trinajstić information content (AvgIpc) is 3.05. The van der Waals surface area contributed by atoms with Crippen molar-refractivity contribution in [3.63, 3.8) is 0 Å². The minimum absolute atomic E-state index is 0.101. The maximum absolute atomic E-state index is 12.6. The first-order valence-corrected chi connectivity index (χ1v) is 12.9. The number of hydrogen-bond acceptors (Lipinski definition) is 2. The molecule has 4 rings (SSSR count). The summed E-state index contributed by atoms with van der Waals surface area (Å²) in [5.74, 6) is 4.03. The monoisotopic (exact) mass is 444 g/mol. The summed E-state index contributed by atoms with van der Waals surface area (Å²) in [6.07, 6.45) is 5.02. The SMILES string of the molecule is C[C@H](CCCC(O)C(F)(F)F)[C@H]1CC[C@H]2[C@@H]3CC[C@H]4C[C@@H](O)CC[C@]4(C)[C@H]3CC[C@]12C. The summed E-state index contributed by atoms with van der Waals surface area (Å²) in [5.41, 5.74) is 0.710. The second-order valence-corrected chi connectivity index (χ2v) is 12.3. The number of halogens is 3. The Morgan fingerprint density at radius 2 is 1.58 bits per heavy atom. The molecule has 4 fully saturated rings. The molecule has 4 aliphatic carbocycles. The van der Waals surface area contributed by atoms with Crippen LogP contribution < -0.4 is 0 Å². The highest BCUT2D eigenvalue weighted by molar-refractivity contribution is 5.09. The molecule has 4 aliphatic rings. The largest absolute Gasteiger partial charge is 0.414 e. The van der Waals surface area contributed by atoms with Gasteiger partial charge in [0.2, 0.25) is 0 Å². The highest BCUT2D eigenvalue weighted by Crippen LogP contribution is 2.68. The molecule has 0 bridgehead atoms. The predicted octanol–water partition coefficient (Wildman–Crippen LogP) is 6.74. The zero-order valence-electron chi connectivity index (χ0n) is 19.6. The van der Waals surface area contributed by atoms with Gasteiger partial charge in [0, 0.05) is 0 Å². The number of aliphatic hydroxyl groups is 2. The van der Waals surface area contributed by atoms with Gasteiger partial charge in [0.15, 0.2) is 0 Å². The average molecular weight is 445 g/mol. The van der Waals surface area contributed by atoms with Crippen LogP contribution in [0.25, 0.3) is 0 Å². The van der Waals surface area contributed by atoms with E-state index in [9.17, 15) is 23.4 Å². The van der Waals surface area contributed by atoms with Crippen LogP contribution in [0.4, 0.5) is 13.2 Å². The molecule has 0 amide bonds. The number of rotatable bonds is 5. The lowest BCUT2D eigenvalue weighted by atomic mass is 9.44. The molecule has 0 heterocycles. The highest BCUT2D eigenvalue weighted by atomic mass is 19.4. The van der Waals surface area contributed by atoms with E-state index in [0.29, 0.717) is 35.0 Å². The van der Waals surface area contributed by atoms with Crippen LogP contribution in [0.2, 0.25) is 0 Å². The van der Waals surface area contributed by atoms with E-state index >= 15 is 0 Å². The molecular formula is C26H43F3O2. The Hall–Kier alpha value is -0.290. The molecule has 10 atom stereocenters. The normalized spacial score (nSPS) is 47.2. The Bertz CT molecular complexity index is 637. The summed E-state index contributed by atoms with van der Waals surface area (Å²) in [5, 5.41) is 19.5. The maximum Gasteiger partial charge on any atom is 0.414 e. The molecule has 4 saturated carbocycles. The number of hydrogen-bond donors (Lipinski definition) is 2. The van der Waals surface area contributed by atoms with Gasteiger partial charge in [0.05, 0.1) is 6.10 Å². The second kappa shape index (κ2) is 8.49. The molecule has 0 aromatic carbocycles. The van der Waals surface area contributed by atoms with Crippen molar-refractivity contribution in [2.45, 2.75) is 116 Å². The van der Waals surface area contributed by atoms with Crippen molar-refractivity contribution < 1.29 is 23.4 Å². The quantitative estimate of drug-likeness (QED) is 0.493. The molecule has 31 heavy (non-hydrogen) atoms. The van der Waals surface area contributed by atoms with Crippen molar-refractivity contribution in [2.24, 2.45) is 46.3 Å². The zero-order chi connectivity index (χ0) is 22.6. The summed E-state index contributed by atoms with van der Waals surface area (Å²) in [6, 6.07) is 0. The van der Waals surface area contributed by atoms with Crippen molar-refractivity contribution >= 4 is 0 Å². The lowest BCUT2D eigenvalue weighted by Gasteiger charge is -2.61. The van der Waals surface area contributed by atoms with E-state index < -0.39 is 12.3 Å². The van der Waals surface area contributed by atoms with Gasteiger partial charge < -0.3 is 10.2 Å². The van der Waals surface area contributed by atoms with Crippen molar-refractivity contribution in [3.8, 4) is 0 Å². The van der Waals surface area contributed by atoms with Crippen LogP contribution in [0.5, 0.6) is 0 Å². The molecule has 0 aromatic heterocycles. The van der Waals surface area contributed by atoms with Gasteiger partial charge in [-0.25, -0.2) is 0 Å². The molecule has 180 valence electrons. The third-order valence-corrected chi connectivity index (χ3v) is 10.9. The second-order valence-electron chi connectivity index (χ2n) is 12.3. The van der Waals surface area contributed by atoms with Crippen LogP contribution in [0.15, 0.2) is 0 Å². The first-order chi connectivity index (χ1) is 14.5. The Balaban J connectivity index is 1.40. The Morgan fingerprint density at radius 1 is 0.903 bits per heavy atom. The highest BCUT2D eigenvalue weighted by Gasteiger charge is 2.60. The van der Waals surface area contributed by atoms with Gasteiger partial charge in [0.25, 0.3) is 0 Å². The number of aliphatic hydroxyl groups excluding tert-OH is 2. The molecule has 0 saturated heterocycles. The van der Waals surface area contributed by atoms with E-state index in [4.69, 9.17) is 0 Å². The Labute approximate surface area is 186 Å². The van der Waals surface area contributed by atoms with Gasteiger partial charge in [-0.2, -0.15) is 13.2 Å². The van der Waals surface area contributed by atoms with E-state index in [2.05, 4.69) is 20.8 Å². The molecule has 2 N–H and O–H groups in total. The smallest absolute Gasteiger partial charge is 0.393 e. The molecule has 0 aromatic rings. The van der Waals surface area contributed by atoms with Crippen LogP contribution in [-0.2, 0) is 0 Å². The van der Waals surface area contributed by atoms with E-state index in [0.717, 1.165) is 37.0 Å². The van der Waals surface area contributed by atoms with E-state index in [-0.39, 0.29) is 12.5 Å². The van der Waals surface area contributed by atoms with Gasteiger partial charge in [-0.15, -0.1) is 0 Å². The summed E-state index contributed by atoms with van der Waals surface area (Å²) in [4.78, 5) is 0. The predicted molar refractivity (Wildman–Crippen MR) is 116 cm³/mol. The third-order valence-electron chi connectivity index (χ3n) is 10.9. The van der Waals surface area contributed by atoms with E-state index in [1.165, 1.54) is 44.9 Å². The van der Waals surface area contributed by atoms with Gasteiger partial charge in [0.1, 0.15) is 6.10 Å². The topological polar surface area (TPSA) is 40.5 Å². The van der Waals surface area contributed by atoms with Crippen LogP contribution in [0.1, 0.15) is 97.8 Å². The van der Waals surface area contributed by atoms with Crippen molar-refractivity contribution in [1.82, 2.24) is 0 Å². The zero-order valence-corrected chi connectivity index (χ0v) is 19.6. The van der Waals surface area contributed by atoms with Crippen LogP contribution in [0, 0.1) is 46.3 Å². The first kappa shape index (κ1) is 23.9. The van der Waals surface area contributed by atoms with Crippen LogP contribution in [0.3, 0.4) is 0 Å². The van der Waals surface area contributed by atoms with Crippen molar-refractivity contribution in [2.75, 3.05) is 0 Å². The number of fused-ring (bicyclic) bond motifs is 5. The summed E-state index contributed by atoms with van der Waals surface area (Å²) in [6.45, 7) is 7.25. The fourth-order valence-electron chi connectivity index (χ4n) is 9.21. The van der Waals surface area contributed by atoms with Gasteiger partial charge in [-0.1, -0.05) is 33.6 Å². The lowest BCUT2D eigenvalue weighted by Crippen LogP contribution is -2.54. The fraction of sp³-hybridized carbons (Fsp3) is 1.00. The van der Waals surface area contributed by atoms with Crippen molar-refractivity contribution in [3.05, 3.63) is 0 Å². The van der Waals surface area contributed by atoms with Gasteiger partial charge in [-0.3, -0.25) is 0 Å². The standard InChI is InChI=1S/C26H43F3O2/c1-16(5-4-6-23(31)26(27,28)29)20-9-10-21-19-8-7-17-15-18(30)11-13-24(17,2)22(19)12-14-25(20,21)3/h16-23,30-31H,4-15H2,1-3H3/t16-,17+,18+,19+,20-,21+,22+,23?,24+,25-/m1/s1. The molecule has 1 unspecified atom stereocenters. The Kier molecular flexibility index (Phi) is 6.53. The Morgan fingerprint density at radius 3 is 2.29 bits per heavy atom. The first-order valence-electron chi connectivity index (χ1n) is 12.9. The molecule has 0 spiro atoms. The molecule has 0 radical (unpaired) electrons. The third kappa shape index (κ3) is 4.20. The maximum atomic E-state index is 12.6. The minimum atomic E-state index is -4.49. The molecular weight excluding hydrogens is 401 g/mol. The van der Waals surface area contributed by atoms with Gasteiger partial charge in [-0.05, 0) is 111 Å². The minimum Gasteiger partial charge on any atom is -0.393 e. The lowest BCUT2D eigenvalue weighted by molar-refractivity contribution is -0.205. The fourth-order valence-corrected chi connectivity index (χ4v) is 9.21. The van der Waals surface area contributed by atoms with Crippen molar-refractivity contribution in [1.29, 1.82) is 0 Å². The molecule has 2 nitrogen and oxygen atoms in total. The molecule has 0 aliphatic heterocycles.